The number of hydrogen-bond acceptors (Lipinski definition) is 5. The number of pyridine rings is 1. The molecule has 0 radical (unpaired) electrons. The molecule has 1 fully saturated rings. The number of carbonyl (C=O) groups excluding carboxylic acids is 1. The van der Waals surface area contributed by atoms with Crippen LogP contribution < -0.4 is 4.74 Å². The van der Waals surface area contributed by atoms with Crippen molar-refractivity contribution in [1.82, 2.24) is 19.7 Å². The van der Waals surface area contributed by atoms with Gasteiger partial charge in [0.25, 0.3) is 5.91 Å². The smallest absolute Gasteiger partial charge is 0.258 e. The number of nitrogens with zero attached hydrogens (tertiary/aromatic N) is 4. The first kappa shape index (κ1) is 17.9. The Bertz CT molecular complexity index is 995. The molecule has 1 atom stereocenters. The number of benzene rings is 1. The minimum absolute atomic E-state index is 0.0131. The predicted octanol–water partition coefficient (Wildman–Crippen LogP) is 2.98. The van der Waals surface area contributed by atoms with Crippen molar-refractivity contribution in [3.05, 3.63) is 71.8 Å². The molecular formula is C22H22N4O3. The number of carbonyl (C=O) groups is 1. The first-order valence-corrected chi connectivity index (χ1v) is 9.87. The largest absolute Gasteiger partial charge is 0.488 e. The summed E-state index contributed by atoms with van der Waals surface area (Å²) in [5.41, 5.74) is 3.60. The highest BCUT2D eigenvalue weighted by atomic mass is 16.5. The van der Waals surface area contributed by atoms with Gasteiger partial charge in [-0.25, -0.2) is 4.68 Å². The van der Waals surface area contributed by atoms with Crippen LogP contribution in [0.1, 0.15) is 34.3 Å². The highest BCUT2D eigenvalue weighted by molar-refractivity contribution is 6.00. The van der Waals surface area contributed by atoms with Crippen LogP contribution in [0.2, 0.25) is 0 Å². The Hall–Kier alpha value is -3.19. The maximum Gasteiger partial charge on any atom is 0.258 e. The van der Waals surface area contributed by atoms with Crippen LogP contribution in [0.5, 0.6) is 5.75 Å². The van der Waals surface area contributed by atoms with Crippen LogP contribution in [-0.4, -0.2) is 44.9 Å². The van der Waals surface area contributed by atoms with E-state index in [1.807, 2.05) is 46.1 Å². The van der Waals surface area contributed by atoms with Crippen molar-refractivity contribution in [2.75, 3.05) is 13.2 Å². The molecule has 29 heavy (non-hydrogen) atoms. The summed E-state index contributed by atoms with van der Waals surface area (Å²) in [5.74, 6) is 0.542. The lowest BCUT2D eigenvalue weighted by Gasteiger charge is -2.16. The second kappa shape index (κ2) is 7.67. The van der Waals surface area contributed by atoms with Gasteiger partial charge >= 0.3 is 0 Å². The summed E-state index contributed by atoms with van der Waals surface area (Å²) >= 11 is 0. The summed E-state index contributed by atoms with van der Waals surface area (Å²) in [6.45, 7) is 2.32. The summed E-state index contributed by atoms with van der Waals surface area (Å²) in [6, 6.07) is 9.96. The van der Waals surface area contributed by atoms with Gasteiger partial charge in [-0.15, -0.1) is 0 Å². The molecule has 2 aromatic heterocycles. The highest BCUT2D eigenvalue weighted by Gasteiger charge is 2.31. The van der Waals surface area contributed by atoms with Crippen molar-refractivity contribution in [2.24, 2.45) is 0 Å². The maximum atomic E-state index is 13.0. The van der Waals surface area contributed by atoms with Crippen LogP contribution in [0.15, 0.2) is 55.1 Å². The van der Waals surface area contributed by atoms with Crippen molar-refractivity contribution in [3.63, 3.8) is 0 Å². The highest BCUT2D eigenvalue weighted by Crippen LogP contribution is 2.31. The third kappa shape index (κ3) is 3.61. The molecule has 0 N–H and O–H groups in total. The van der Waals surface area contributed by atoms with E-state index in [0.29, 0.717) is 31.0 Å². The van der Waals surface area contributed by atoms with E-state index in [9.17, 15) is 4.79 Å². The van der Waals surface area contributed by atoms with Gasteiger partial charge in [-0.1, -0.05) is 12.1 Å². The molecule has 0 saturated carbocycles. The predicted molar refractivity (Wildman–Crippen MR) is 106 cm³/mol. The van der Waals surface area contributed by atoms with Crippen LogP contribution in [0, 0.1) is 0 Å². The van der Waals surface area contributed by atoms with E-state index in [1.54, 1.807) is 18.6 Å². The van der Waals surface area contributed by atoms with Gasteiger partial charge in [-0.05, 0) is 36.6 Å². The van der Waals surface area contributed by atoms with Crippen molar-refractivity contribution in [1.29, 1.82) is 0 Å². The molecule has 7 heteroatoms. The van der Waals surface area contributed by atoms with Crippen LogP contribution in [0.3, 0.4) is 0 Å². The number of rotatable bonds is 6. The number of aromatic nitrogens is 3. The Morgan fingerprint density at radius 1 is 1.21 bits per heavy atom. The van der Waals surface area contributed by atoms with Gasteiger partial charge in [0.05, 0.1) is 23.6 Å². The molecule has 0 spiro atoms. The second-order valence-electron chi connectivity index (χ2n) is 7.40. The van der Waals surface area contributed by atoms with Crippen LogP contribution in [0.4, 0.5) is 0 Å². The Morgan fingerprint density at radius 3 is 2.86 bits per heavy atom. The lowest BCUT2D eigenvalue weighted by atomic mass is 10.1. The molecule has 0 aliphatic carbocycles. The standard InChI is InChI=1S/C22H22N4O3/c27-22-21-17(11-23-12-20(21)29-15-19-3-1-10-28-19)14-25(22)13-16-4-6-18(7-5-16)26-9-2-8-24-26/h2,4-9,11-12,19H,1,3,10,13-15H2. The molecule has 7 nitrogen and oxygen atoms in total. The lowest BCUT2D eigenvalue weighted by Crippen LogP contribution is -2.24. The zero-order valence-corrected chi connectivity index (χ0v) is 16.0. The normalized spacial score (nSPS) is 18.3. The number of amides is 1. The summed E-state index contributed by atoms with van der Waals surface area (Å²) < 4.78 is 13.3. The van der Waals surface area contributed by atoms with Gasteiger partial charge in [0.2, 0.25) is 0 Å². The fraction of sp³-hybridized carbons (Fsp3) is 0.318. The van der Waals surface area contributed by atoms with Gasteiger partial charge in [-0.3, -0.25) is 9.78 Å². The van der Waals surface area contributed by atoms with Crippen molar-refractivity contribution >= 4 is 5.91 Å². The van der Waals surface area contributed by atoms with E-state index in [0.717, 1.165) is 36.3 Å². The molecular weight excluding hydrogens is 368 g/mol. The average Bonchev–Trinajstić information content (AvgIpc) is 3.50. The quantitative estimate of drug-likeness (QED) is 0.647. The van der Waals surface area contributed by atoms with Gasteiger partial charge in [-0.2, -0.15) is 5.10 Å². The van der Waals surface area contributed by atoms with E-state index in [2.05, 4.69) is 10.1 Å². The fourth-order valence-electron chi connectivity index (χ4n) is 3.87. The van der Waals surface area contributed by atoms with Crippen molar-refractivity contribution < 1.29 is 14.3 Å². The fourth-order valence-corrected chi connectivity index (χ4v) is 3.87. The summed E-state index contributed by atoms with van der Waals surface area (Å²) in [6.07, 6.45) is 9.21. The summed E-state index contributed by atoms with van der Waals surface area (Å²) in [5, 5.41) is 4.24. The monoisotopic (exact) mass is 390 g/mol. The molecule has 1 unspecified atom stereocenters. The topological polar surface area (TPSA) is 69.5 Å². The van der Waals surface area contributed by atoms with E-state index >= 15 is 0 Å². The maximum absolute atomic E-state index is 13.0. The molecule has 2 aliphatic heterocycles. The third-order valence-corrected chi connectivity index (χ3v) is 5.38. The van der Waals surface area contributed by atoms with Crippen LogP contribution in [-0.2, 0) is 17.8 Å². The second-order valence-corrected chi connectivity index (χ2v) is 7.40. The summed E-state index contributed by atoms with van der Waals surface area (Å²) in [7, 11) is 0. The SMILES string of the molecule is O=C1c2c(cncc2OCC2CCCO2)CN1Cc1ccc(-n2cccn2)cc1. The first-order chi connectivity index (χ1) is 14.3. The molecule has 2 aliphatic rings. The van der Waals surface area contributed by atoms with Gasteiger partial charge < -0.3 is 14.4 Å². The minimum Gasteiger partial charge on any atom is -0.488 e. The molecule has 0 bridgehead atoms. The number of fused-ring (bicyclic) bond motifs is 1. The molecule has 1 saturated heterocycles. The van der Waals surface area contributed by atoms with Crippen molar-refractivity contribution in [2.45, 2.75) is 32.0 Å². The Morgan fingerprint density at radius 2 is 2.10 bits per heavy atom. The first-order valence-electron chi connectivity index (χ1n) is 9.87. The molecule has 5 rings (SSSR count). The minimum atomic E-state index is -0.0131. The van der Waals surface area contributed by atoms with E-state index < -0.39 is 0 Å². The summed E-state index contributed by atoms with van der Waals surface area (Å²) in [4.78, 5) is 19.1. The molecule has 1 aromatic carbocycles. The molecule has 3 aromatic rings. The van der Waals surface area contributed by atoms with Gasteiger partial charge in [0.15, 0.2) is 5.75 Å². The Labute approximate surface area is 168 Å². The number of ether oxygens (including phenoxy) is 2. The van der Waals surface area contributed by atoms with Crippen LogP contribution in [0.25, 0.3) is 5.69 Å². The van der Waals surface area contributed by atoms with E-state index in [4.69, 9.17) is 9.47 Å². The van der Waals surface area contributed by atoms with Gasteiger partial charge in [0, 0.05) is 43.9 Å². The zero-order valence-electron chi connectivity index (χ0n) is 16.0. The third-order valence-electron chi connectivity index (χ3n) is 5.38. The molecule has 1 amide bonds. The lowest BCUT2D eigenvalue weighted by molar-refractivity contribution is 0.0658. The van der Waals surface area contributed by atoms with Gasteiger partial charge in [0.1, 0.15) is 6.61 Å². The zero-order chi connectivity index (χ0) is 19.6. The Kier molecular flexibility index (Phi) is 4.73. The average molecular weight is 390 g/mol. The Balaban J connectivity index is 1.28. The van der Waals surface area contributed by atoms with Crippen molar-refractivity contribution in [3.8, 4) is 11.4 Å². The van der Waals surface area contributed by atoms with E-state index in [-0.39, 0.29) is 12.0 Å². The molecule has 148 valence electrons. The van der Waals surface area contributed by atoms with E-state index in [1.165, 1.54) is 0 Å². The number of hydrogen-bond donors (Lipinski definition) is 0. The molecule has 4 heterocycles. The van der Waals surface area contributed by atoms with Crippen LogP contribution >= 0.6 is 0 Å².